The lowest BCUT2D eigenvalue weighted by molar-refractivity contribution is 0.578. The molecule has 6 nitrogen and oxygen atoms in total. The Kier molecular flexibility index (Phi) is 3.41. The standard InChI is InChI=1S/C10H10N4O2S2/c11-10(17)13-14-18(15,16)9-3-1-2-7-6-12-5-4-8(7)9/h1-6,14H,(H3,11,13,17). The average Bonchev–Trinajstić information content (AvgIpc) is 2.36. The van der Waals surface area contributed by atoms with Gasteiger partial charge >= 0.3 is 0 Å². The molecule has 0 aliphatic heterocycles. The first-order valence-electron chi connectivity index (χ1n) is 4.91. The molecular weight excluding hydrogens is 272 g/mol. The minimum atomic E-state index is -3.74. The fraction of sp³-hybridized carbons (Fsp3) is 0. The zero-order valence-electron chi connectivity index (χ0n) is 9.12. The van der Waals surface area contributed by atoms with Gasteiger partial charge in [0.25, 0.3) is 10.0 Å². The van der Waals surface area contributed by atoms with Gasteiger partial charge in [-0.1, -0.05) is 12.1 Å². The van der Waals surface area contributed by atoms with Crippen LogP contribution in [-0.2, 0) is 10.0 Å². The number of nitrogens with two attached hydrogens (primary N) is 1. The first-order chi connectivity index (χ1) is 8.50. The third-order valence-corrected chi connectivity index (χ3v) is 3.65. The lowest BCUT2D eigenvalue weighted by atomic mass is 10.2. The van der Waals surface area contributed by atoms with E-state index in [4.69, 9.17) is 5.73 Å². The van der Waals surface area contributed by atoms with Crippen molar-refractivity contribution in [3.63, 3.8) is 0 Å². The number of rotatable bonds is 3. The van der Waals surface area contributed by atoms with Crippen LogP contribution in [0.2, 0.25) is 0 Å². The molecule has 0 fully saturated rings. The number of benzene rings is 1. The van der Waals surface area contributed by atoms with Gasteiger partial charge in [0.15, 0.2) is 5.11 Å². The van der Waals surface area contributed by atoms with Crippen molar-refractivity contribution in [2.75, 3.05) is 0 Å². The Bertz CT molecular complexity index is 695. The topological polar surface area (TPSA) is 97.1 Å². The van der Waals surface area contributed by atoms with Crippen LogP contribution < -0.4 is 16.0 Å². The molecule has 0 spiro atoms. The van der Waals surface area contributed by atoms with Crippen molar-refractivity contribution in [2.45, 2.75) is 4.90 Å². The largest absolute Gasteiger partial charge is 0.375 e. The van der Waals surface area contributed by atoms with Crippen LogP contribution in [0.5, 0.6) is 0 Å². The molecule has 2 aromatic rings. The van der Waals surface area contributed by atoms with Gasteiger partial charge in [-0.15, -0.1) is 4.83 Å². The molecule has 0 atom stereocenters. The zero-order chi connectivity index (χ0) is 13.2. The number of hydrazine groups is 1. The fourth-order valence-corrected chi connectivity index (χ4v) is 2.70. The van der Waals surface area contributed by atoms with E-state index in [0.29, 0.717) is 5.39 Å². The second-order valence-corrected chi connectivity index (χ2v) is 5.54. The van der Waals surface area contributed by atoms with Crippen molar-refractivity contribution < 1.29 is 8.42 Å². The summed E-state index contributed by atoms with van der Waals surface area (Å²) in [6.07, 6.45) is 3.12. The van der Waals surface area contributed by atoms with Crippen molar-refractivity contribution in [3.05, 3.63) is 36.7 Å². The summed E-state index contributed by atoms with van der Waals surface area (Å²) in [4.78, 5) is 6.17. The third kappa shape index (κ3) is 2.55. The van der Waals surface area contributed by atoms with Gasteiger partial charge in [-0.3, -0.25) is 10.4 Å². The lowest BCUT2D eigenvalue weighted by Gasteiger charge is -2.09. The Balaban J connectivity index is 2.50. The molecule has 8 heteroatoms. The van der Waals surface area contributed by atoms with Crippen LogP contribution in [0.1, 0.15) is 0 Å². The summed E-state index contributed by atoms with van der Waals surface area (Å²) in [5.74, 6) is 0. The molecule has 1 aromatic carbocycles. The van der Waals surface area contributed by atoms with Gasteiger partial charge in [0.05, 0.1) is 4.90 Å². The number of pyridine rings is 1. The van der Waals surface area contributed by atoms with Crippen LogP contribution in [0.3, 0.4) is 0 Å². The van der Waals surface area contributed by atoms with Gasteiger partial charge in [0.1, 0.15) is 0 Å². The number of hydrogen-bond acceptors (Lipinski definition) is 4. The molecule has 0 unspecified atom stereocenters. The molecule has 0 saturated carbocycles. The number of sulfonamides is 1. The van der Waals surface area contributed by atoms with Crippen LogP contribution in [0.25, 0.3) is 10.8 Å². The Labute approximate surface area is 109 Å². The molecule has 0 amide bonds. The van der Waals surface area contributed by atoms with E-state index >= 15 is 0 Å². The number of nitrogens with zero attached hydrogens (tertiary/aromatic N) is 1. The first-order valence-corrected chi connectivity index (χ1v) is 6.80. The lowest BCUT2D eigenvalue weighted by Crippen LogP contribution is -2.44. The summed E-state index contributed by atoms with van der Waals surface area (Å²) in [6, 6.07) is 6.54. The highest BCUT2D eigenvalue weighted by atomic mass is 32.2. The normalized spacial score (nSPS) is 11.3. The van der Waals surface area contributed by atoms with E-state index in [2.05, 4.69) is 27.5 Å². The van der Waals surface area contributed by atoms with Gasteiger partial charge < -0.3 is 5.73 Å². The van der Waals surface area contributed by atoms with Crippen molar-refractivity contribution in [1.29, 1.82) is 0 Å². The molecular formula is C10H10N4O2S2. The second-order valence-electron chi connectivity index (χ2n) is 3.45. The van der Waals surface area contributed by atoms with Crippen molar-refractivity contribution in [2.24, 2.45) is 5.73 Å². The van der Waals surface area contributed by atoms with Crippen LogP contribution in [0.4, 0.5) is 0 Å². The molecule has 0 saturated heterocycles. The molecule has 0 bridgehead atoms. The summed E-state index contributed by atoms with van der Waals surface area (Å²) >= 11 is 4.54. The summed E-state index contributed by atoms with van der Waals surface area (Å²) in [5, 5.41) is 1.15. The summed E-state index contributed by atoms with van der Waals surface area (Å²) in [5.41, 5.74) is 7.38. The molecule has 4 N–H and O–H groups in total. The maximum Gasteiger partial charge on any atom is 0.257 e. The smallest absolute Gasteiger partial charge is 0.257 e. The van der Waals surface area contributed by atoms with E-state index in [-0.39, 0.29) is 10.0 Å². The number of hydrogen-bond donors (Lipinski definition) is 3. The van der Waals surface area contributed by atoms with E-state index in [1.807, 2.05) is 0 Å². The maximum absolute atomic E-state index is 12.0. The zero-order valence-corrected chi connectivity index (χ0v) is 10.8. The molecule has 0 aliphatic rings. The summed E-state index contributed by atoms with van der Waals surface area (Å²) < 4.78 is 24.1. The molecule has 1 aromatic heterocycles. The Morgan fingerprint density at radius 2 is 2.11 bits per heavy atom. The van der Waals surface area contributed by atoms with Crippen molar-refractivity contribution in [1.82, 2.24) is 15.2 Å². The number of aromatic nitrogens is 1. The summed E-state index contributed by atoms with van der Waals surface area (Å²) in [7, 11) is -3.74. The van der Waals surface area contributed by atoms with E-state index in [9.17, 15) is 8.42 Å². The van der Waals surface area contributed by atoms with Gasteiger partial charge in [0, 0.05) is 23.2 Å². The average molecular weight is 282 g/mol. The quantitative estimate of drug-likeness (QED) is 0.552. The van der Waals surface area contributed by atoms with Gasteiger partial charge in [-0.25, -0.2) is 8.42 Å². The number of nitrogens with one attached hydrogen (secondary N) is 2. The minimum Gasteiger partial charge on any atom is -0.375 e. The molecule has 2 rings (SSSR count). The first kappa shape index (κ1) is 12.7. The van der Waals surface area contributed by atoms with E-state index < -0.39 is 10.0 Å². The van der Waals surface area contributed by atoms with Gasteiger partial charge in [0.2, 0.25) is 0 Å². The summed E-state index contributed by atoms with van der Waals surface area (Å²) in [6.45, 7) is 0. The number of thiocarbonyl (C=S) groups is 1. The second kappa shape index (κ2) is 4.84. The van der Waals surface area contributed by atoms with Crippen LogP contribution in [-0.4, -0.2) is 18.5 Å². The predicted molar refractivity (Wildman–Crippen MR) is 72.0 cm³/mol. The van der Waals surface area contributed by atoms with Crippen LogP contribution >= 0.6 is 12.2 Å². The van der Waals surface area contributed by atoms with E-state index in [1.54, 1.807) is 24.4 Å². The van der Waals surface area contributed by atoms with Gasteiger partial charge in [-0.2, -0.15) is 0 Å². The monoisotopic (exact) mass is 282 g/mol. The Morgan fingerprint density at radius 3 is 2.83 bits per heavy atom. The highest BCUT2D eigenvalue weighted by Crippen LogP contribution is 2.21. The van der Waals surface area contributed by atoms with Gasteiger partial charge in [-0.05, 0) is 24.4 Å². The fourth-order valence-electron chi connectivity index (χ4n) is 1.50. The molecule has 1 heterocycles. The highest BCUT2D eigenvalue weighted by molar-refractivity contribution is 7.89. The van der Waals surface area contributed by atoms with E-state index in [0.717, 1.165) is 5.39 Å². The predicted octanol–water partition coefficient (Wildman–Crippen LogP) is 0.261. The van der Waals surface area contributed by atoms with E-state index in [1.165, 1.54) is 12.3 Å². The van der Waals surface area contributed by atoms with Crippen LogP contribution in [0, 0.1) is 0 Å². The number of fused-ring (bicyclic) bond motifs is 1. The third-order valence-electron chi connectivity index (χ3n) is 2.24. The Hall–Kier alpha value is -1.77. The molecule has 94 valence electrons. The minimum absolute atomic E-state index is 0.131. The SMILES string of the molecule is NC(=S)NNS(=O)(=O)c1cccc2cnccc12. The molecule has 0 aliphatic carbocycles. The van der Waals surface area contributed by atoms with Crippen LogP contribution in [0.15, 0.2) is 41.6 Å². The highest BCUT2D eigenvalue weighted by Gasteiger charge is 2.16. The van der Waals surface area contributed by atoms with Crippen molar-refractivity contribution in [3.8, 4) is 0 Å². The van der Waals surface area contributed by atoms with Crippen molar-refractivity contribution >= 4 is 38.1 Å². The Morgan fingerprint density at radius 1 is 1.33 bits per heavy atom. The molecule has 18 heavy (non-hydrogen) atoms. The maximum atomic E-state index is 12.0. The molecule has 0 radical (unpaired) electrons.